The van der Waals surface area contributed by atoms with Crippen LogP contribution in [0.15, 0.2) is 241 Å². The highest BCUT2D eigenvalue weighted by atomic mass is 16.3. The van der Waals surface area contributed by atoms with Gasteiger partial charge in [-0.1, -0.05) is 182 Å². The zero-order chi connectivity index (χ0) is 45.4. The second-order valence-corrected chi connectivity index (χ2v) is 17.6. The number of aromatic nitrogens is 5. The van der Waals surface area contributed by atoms with Crippen molar-refractivity contribution in [2.45, 2.75) is 0 Å². The van der Waals surface area contributed by atoms with Crippen LogP contribution in [-0.4, -0.2) is 24.1 Å². The van der Waals surface area contributed by atoms with Crippen molar-refractivity contribution < 1.29 is 4.42 Å². The Morgan fingerprint density at radius 1 is 0.261 bits per heavy atom. The van der Waals surface area contributed by atoms with Gasteiger partial charge in [-0.2, -0.15) is 0 Å². The molecule has 0 aliphatic carbocycles. The van der Waals surface area contributed by atoms with Crippen LogP contribution in [0.1, 0.15) is 0 Å². The molecule has 0 amide bonds. The van der Waals surface area contributed by atoms with E-state index in [1.807, 2.05) is 36.4 Å². The Morgan fingerprint density at radius 2 is 0.623 bits per heavy atom. The van der Waals surface area contributed by atoms with E-state index in [0.29, 0.717) is 17.5 Å². The molecule has 0 N–H and O–H groups in total. The second kappa shape index (κ2) is 15.6. The molecule has 0 saturated heterocycles. The first-order valence-electron chi connectivity index (χ1n) is 23.3. The van der Waals surface area contributed by atoms with E-state index in [1.165, 1.54) is 10.9 Å². The smallest absolute Gasteiger partial charge is 0.164 e. The third-order valence-corrected chi connectivity index (χ3v) is 13.5. The molecular weight excluding hydrogens is 843 g/mol. The quantitative estimate of drug-likeness (QED) is 0.160. The monoisotopic (exact) mass is 881 g/mol. The highest BCUT2D eigenvalue weighted by Crippen LogP contribution is 2.45. The fourth-order valence-corrected chi connectivity index (χ4v) is 10.4. The van der Waals surface area contributed by atoms with E-state index >= 15 is 0 Å². The third-order valence-electron chi connectivity index (χ3n) is 13.5. The molecule has 0 saturated carbocycles. The van der Waals surface area contributed by atoms with Crippen LogP contribution in [0.4, 0.5) is 0 Å². The molecule has 4 aromatic heterocycles. The van der Waals surface area contributed by atoms with Crippen LogP contribution in [-0.2, 0) is 0 Å². The Balaban J connectivity index is 0.985. The lowest BCUT2D eigenvalue weighted by molar-refractivity contribution is 0.673. The van der Waals surface area contributed by atoms with E-state index in [2.05, 4.69) is 209 Å². The van der Waals surface area contributed by atoms with Gasteiger partial charge in [0, 0.05) is 60.4 Å². The summed E-state index contributed by atoms with van der Waals surface area (Å²) in [4.78, 5) is 15.4. The van der Waals surface area contributed by atoms with Crippen LogP contribution in [0, 0.1) is 0 Å². The molecule has 0 unspecified atom stereocenters. The fourth-order valence-electron chi connectivity index (χ4n) is 10.4. The first-order chi connectivity index (χ1) is 34.2. The van der Waals surface area contributed by atoms with Gasteiger partial charge in [0.25, 0.3) is 0 Å². The summed E-state index contributed by atoms with van der Waals surface area (Å²) >= 11 is 0. The molecule has 6 heteroatoms. The zero-order valence-electron chi connectivity index (χ0n) is 37.2. The minimum absolute atomic E-state index is 0.590. The molecule has 69 heavy (non-hydrogen) atoms. The Morgan fingerprint density at radius 3 is 1.14 bits per heavy atom. The average molecular weight is 882 g/mol. The van der Waals surface area contributed by atoms with E-state index < -0.39 is 0 Å². The van der Waals surface area contributed by atoms with E-state index in [-0.39, 0.29) is 0 Å². The van der Waals surface area contributed by atoms with Gasteiger partial charge >= 0.3 is 0 Å². The van der Waals surface area contributed by atoms with Crippen molar-refractivity contribution in [3.63, 3.8) is 0 Å². The number of hydrogen-bond donors (Lipinski definition) is 0. The predicted molar refractivity (Wildman–Crippen MR) is 283 cm³/mol. The van der Waals surface area contributed by atoms with Gasteiger partial charge in [-0.05, 0) is 76.9 Å². The average Bonchev–Trinajstić information content (AvgIpc) is 4.10. The fraction of sp³-hybridized carbons (Fsp3) is 0. The van der Waals surface area contributed by atoms with E-state index in [9.17, 15) is 0 Å². The van der Waals surface area contributed by atoms with Crippen molar-refractivity contribution in [3.05, 3.63) is 237 Å². The number of fused-ring (bicyclic) bond motifs is 11. The summed E-state index contributed by atoms with van der Waals surface area (Å²) in [6.07, 6.45) is 0. The summed E-state index contributed by atoms with van der Waals surface area (Å²) < 4.78 is 12.1. The van der Waals surface area contributed by atoms with Gasteiger partial charge in [-0.15, -0.1) is 0 Å². The maximum Gasteiger partial charge on any atom is 0.164 e. The lowest BCUT2D eigenvalue weighted by atomic mass is 10.0. The summed E-state index contributed by atoms with van der Waals surface area (Å²) in [5.41, 5.74) is 15.3. The van der Waals surface area contributed by atoms with E-state index in [4.69, 9.17) is 19.4 Å². The largest absolute Gasteiger partial charge is 0.452 e. The molecule has 4 heterocycles. The maximum atomic E-state index is 7.39. The lowest BCUT2D eigenvalue weighted by Gasteiger charge is -2.12. The number of nitrogens with zero attached hydrogens (tertiary/aromatic N) is 5. The van der Waals surface area contributed by atoms with Gasteiger partial charge < -0.3 is 13.6 Å². The van der Waals surface area contributed by atoms with Crippen molar-refractivity contribution in [1.82, 2.24) is 24.1 Å². The number of furan rings is 1. The minimum Gasteiger partial charge on any atom is -0.452 e. The van der Waals surface area contributed by atoms with Crippen LogP contribution in [0.2, 0.25) is 0 Å². The van der Waals surface area contributed by atoms with Crippen LogP contribution in [0.5, 0.6) is 0 Å². The van der Waals surface area contributed by atoms with Gasteiger partial charge in [0.15, 0.2) is 28.6 Å². The normalized spacial score (nSPS) is 11.8. The molecule has 10 aromatic carbocycles. The van der Waals surface area contributed by atoms with Crippen LogP contribution in [0.25, 0.3) is 133 Å². The lowest BCUT2D eigenvalue weighted by Crippen LogP contribution is -2.01. The highest BCUT2D eigenvalue weighted by molar-refractivity contribution is 6.26. The molecule has 14 aromatic rings. The van der Waals surface area contributed by atoms with Crippen molar-refractivity contribution in [3.8, 4) is 67.8 Å². The Kier molecular flexibility index (Phi) is 8.79. The second-order valence-electron chi connectivity index (χ2n) is 17.6. The first-order valence-corrected chi connectivity index (χ1v) is 23.3. The van der Waals surface area contributed by atoms with Gasteiger partial charge in [0.1, 0.15) is 0 Å². The van der Waals surface area contributed by atoms with E-state index in [0.717, 1.165) is 105 Å². The van der Waals surface area contributed by atoms with Gasteiger partial charge in [0.2, 0.25) is 0 Å². The van der Waals surface area contributed by atoms with Gasteiger partial charge in [0.05, 0.1) is 22.1 Å². The molecular formula is C63H39N5O. The summed E-state index contributed by atoms with van der Waals surface area (Å²) in [5, 5.41) is 6.70. The van der Waals surface area contributed by atoms with Crippen LogP contribution >= 0.6 is 0 Å². The molecule has 6 nitrogen and oxygen atoms in total. The first kappa shape index (κ1) is 38.8. The van der Waals surface area contributed by atoms with Crippen LogP contribution < -0.4 is 0 Å². The summed E-state index contributed by atoms with van der Waals surface area (Å²) in [6, 6.07) is 83.2. The van der Waals surface area contributed by atoms with Gasteiger partial charge in [-0.3, -0.25) is 0 Å². The molecule has 0 spiro atoms. The zero-order valence-corrected chi connectivity index (χ0v) is 37.2. The maximum absolute atomic E-state index is 7.39. The standard InChI is InChI=1S/C63H39N5O/c1-4-17-40(18-5-1)43-23-14-25-45(37-43)62-64-61(42-21-8-3-9-22-42)65-63(66-62)46-26-16-28-48(39-46)68-56-32-13-11-30-50(56)52-34-36-54-53-35-33-51-49-29-10-12-31-55(49)67(57(51)59(53)69-60(54)58(52)68)47-27-15-24-44(38-47)41-19-6-2-7-20-41/h1-39H. The predicted octanol–water partition coefficient (Wildman–Crippen LogP) is 16.3. The van der Waals surface area contributed by atoms with Gasteiger partial charge in [-0.25, -0.2) is 15.0 Å². The number of rotatable bonds is 7. The molecule has 0 fully saturated rings. The van der Waals surface area contributed by atoms with Crippen molar-refractivity contribution in [2.24, 2.45) is 0 Å². The molecule has 0 aliphatic heterocycles. The molecule has 0 radical (unpaired) electrons. The number of para-hydroxylation sites is 2. The van der Waals surface area contributed by atoms with Crippen molar-refractivity contribution in [2.75, 3.05) is 0 Å². The molecule has 0 aliphatic rings. The SMILES string of the molecule is c1ccc(-c2cccc(-c3nc(-c4ccccc4)nc(-c4cccc(-n5c6ccccc6c6ccc7c8ccc9c%10ccccc%10n(-c%10cccc(-c%11ccccc%11)c%10)c9c8oc7c65)c4)n3)c2)cc1. The molecule has 322 valence electrons. The van der Waals surface area contributed by atoms with Crippen molar-refractivity contribution >= 4 is 65.6 Å². The summed E-state index contributed by atoms with van der Waals surface area (Å²) in [7, 11) is 0. The van der Waals surface area contributed by atoms with Crippen LogP contribution in [0.3, 0.4) is 0 Å². The Hall–Kier alpha value is -9.39. The van der Waals surface area contributed by atoms with Crippen molar-refractivity contribution in [1.29, 1.82) is 0 Å². The number of benzene rings is 10. The topological polar surface area (TPSA) is 61.7 Å². The highest BCUT2D eigenvalue weighted by Gasteiger charge is 2.24. The summed E-state index contributed by atoms with van der Waals surface area (Å²) in [6.45, 7) is 0. The number of hydrogen-bond acceptors (Lipinski definition) is 4. The summed E-state index contributed by atoms with van der Waals surface area (Å²) in [5.74, 6) is 1.81. The Labute approximate surface area is 396 Å². The molecule has 0 atom stereocenters. The molecule has 0 bridgehead atoms. The minimum atomic E-state index is 0.590. The van der Waals surface area contributed by atoms with E-state index in [1.54, 1.807) is 0 Å². The third kappa shape index (κ3) is 6.30. The Bertz CT molecular complexity index is 4300. The molecule has 14 rings (SSSR count).